The molecule has 0 amide bonds. The van der Waals surface area contributed by atoms with Gasteiger partial charge >= 0.3 is 0 Å². The van der Waals surface area contributed by atoms with E-state index >= 15 is 0 Å². The molecule has 2 aliphatic rings. The summed E-state index contributed by atoms with van der Waals surface area (Å²) in [5.41, 5.74) is 7.10. The van der Waals surface area contributed by atoms with Crippen molar-refractivity contribution in [2.75, 3.05) is 33.2 Å². The lowest BCUT2D eigenvalue weighted by Gasteiger charge is -2.38. The van der Waals surface area contributed by atoms with E-state index in [1.807, 2.05) is 0 Å². The van der Waals surface area contributed by atoms with Gasteiger partial charge in [-0.1, -0.05) is 38.1 Å². The van der Waals surface area contributed by atoms with Crippen molar-refractivity contribution in [1.82, 2.24) is 15.3 Å². The van der Waals surface area contributed by atoms with Crippen molar-refractivity contribution < 1.29 is 0 Å². The van der Waals surface area contributed by atoms with Crippen LogP contribution in [0.2, 0.25) is 0 Å². The number of hydrogen-bond donors (Lipinski definition) is 1. The Labute approximate surface area is 116 Å². The molecule has 1 aromatic rings. The van der Waals surface area contributed by atoms with Crippen LogP contribution in [-0.2, 0) is 6.42 Å². The van der Waals surface area contributed by atoms with Gasteiger partial charge < -0.3 is 4.90 Å². The van der Waals surface area contributed by atoms with Gasteiger partial charge in [-0.05, 0) is 30.0 Å². The minimum Gasteiger partial charge on any atom is -0.304 e. The van der Waals surface area contributed by atoms with Gasteiger partial charge in [-0.15, -0.1) is 0 Å². The molecule has 1 aromatic carbocycles. The molecule has 1 unspecified atom stereocenters. The number of fused-ring (bicyclic) bond motifs is 1. The van der Waals surface area contributed by atoms with Gasteiger partial charge in [0.05, 0.1) is 6.04 Å². The molecule has 3 heteroatoms. The number of rotatable bonds is 2. The lowest BCUT2D eigenvalue weighted by atomic mass is 9.86. The Morgan fingerprint density at radius 1 is 1.11 bits per heavy atom. The maximum Gasteiger partial charge on any atom is 0.0521 e. The van der Waals surface area contributed by atoms with Crippen molar-refractivity contribution in [2.45, 2.75) is 26.3 Å². The lowest BCUT2D eigenvalue weighted by molar-refractivity contribution is 0.0602. The SMILES string of the molecule is CN1CCN(NC2c3ccccc3CC2(C)C)CC1. The quantitative estimate of drug-likeness (QED) is 0.877. The molecule has 1 fully saturated rings. The fourth-order valence-corrected chi connectivity index (χ4v) is 3.35. The summed E-state index contributed by atoms with van der Waals surface area (Å²) in [5.74, 6) is 0. The minimum atomic E-state index is 0.299. The molecule has 104 valence electrons. The standard InChI is InChI=1S/C16H25N3/c1-16(2)12-13-6-4-5-7-14(13)15(16)17-19-10-8-18(3)9-11-19/h4-7,15,17H,8-12H2,1-3H3. The zero-order valence-corrected chi connectivity index (χ0v) is 12.3. The lowest BCUT2D eigenvalue weighted by Crippen LogP contribution is -2.53. The van der Waals surface area contributed by atoms with Gasteiger partial charge in [0.1, 0.15) is 0 Å². The molecule has 0 saturated carbocycles. The molecule has 1 atom stereocenters. The molecule has 1 heterocycles. The fourth-order valence-electron chi connectivity index (χ4n) is 3.35. The second kappa shape index (κ2) is 4.89. The van der Waals surface area contributed by atoms with Gasteiger partial charge in [0, 0.05) is 26.2 Å². The largest absolute Gasteiger partial charge is 0.304 e. The van der Waals surface area contributed by atoms with Crippen LogP contribution in [0.5, 0.6) is 0 Å². The van der Waals surface area contributed by atoms with Crippen LogP contribution < -0.4 is 5.43 Å². The van der Waals surface area contributed by atoms with Gasteiger partial charge in [-0.2, -0.15) is 0 Å². The molecular weight excluding hydrogens is 234 g/mol. The Hall–Kier alpha value is -0.900. The smallest absolute Gasteiger partial charge is 0.0521 e. The normalized spacial score (nSPS) is 27.4. The molecule has 0 radical (unpaired) electrons. The molecule has 1 aliphatic heterocycles. The first kappa shape index (κ1) is 13.1. The summed E-state index contributed by atoms with van der Waals surface area (Å²) in [6, 6.07) is 9.35. The van der Waals surface area contributed by atoms with E-state index in [-0.39, 0.29) is 0 Å². The maximum absolute atomic E-state index is 3.79. The highest BCUT2D eigenvalue weighted by Crippen LogP contribution is 2.45. The van der Waals surface area contributed by atoms with Crippen LogP contribution >= 0.6 is 0 Å². The van der Waals surface area contributed by atoms with Crippen molar-refractivity contribution in [3.63, 3.8) is 0 Å². The zero-order valence-electron chi connectivity index (χ0n) is 12.3. The summed E-state index contributed by atoms with van der Waals surface area (Å²) in [5, 5.41) is 2.41. The van der Waals surface area contributed by atoms with Crippen LogP contribution in [0, 0.1) is 5.41 Å². The number of piperazine rings is 1. The fraction of sp³-hybridized carbons (Fsp3) is 0.625. The monoisotopic (exact) mass is 259 g/mol. The summed E-state index contributed by atoms with van der Waals surface area (Å²) < 4.78 is 0. The number of nitrogens with one attached hydrogen (secondary N) is 1. The van der Waals surface area contributed by atoms with Gasteiger partial charge in [0.25, 0.3) is 0 Å². The highest BCUT2D eigenvalue weighted by Gasteiger charge is 2.39. The van der Waals surface area contributed by atoms with Crippen molar-refractivity contribution in [1.29, 1.82) is 0 Å². The van der Waals surface area contributed by atoms with Crippen LogP contribution in [0.15, 0.2) is 24.3 Å². The summed E-state index contributed by atoms with van der Waals surface area (Å²) >= 11 is 0. The molecule has 3 rings (SSSR count). The Morgan fingerprint density at radius 2 is 1.79 bits per heavy atom. The molecule has 1 aliphatic carbocycles. The third kappa shape index (κ3) is 2.55. The van der Waals surface area contributed by atoms with Crippen LogP contribution in [0.1, 0.15) is 31.0 Å². The van der Waals surface area contributed by atoms with E-state index in [1.54, 1.807) is 0 Å². The van der Waals surface area contributed by atoms with Crippen LogP contribution in [0.3, 0.4) is 0 Å². The summed E-state index contributed by atoms with van der Waals surface area (Å²) in [7, 11) is 2.20. The number of likely N-dealkylation sites (N-methyl/N-ethyl adjacent to an activating group) is 1. The van der Waals surface area contributed by atoms with Gasteiger partial charge in [0.15, 0.2) is 0 Å². The molecule has 3 nitrogen and oxygen atoms in total. The number of hydrazine groups is 1. The van der Waals surface area contributed by atoms with Crippen molar-refractivity contribution >= 4 is 0 Å². The average molecular weight is 259 g/mol. The summed E-state index contributed by atoms with van der Waals surface area (Å²) in [4.78, 5) is 2.39. The molecule has 0 spiro atoms. The van der Waals surface area contributed by atoms with Gasteiger partial charge in [-0.25, -0.2) is 10.4 Å². The number of hydrogen-bond acceptors (Lipinski definition) is 3. The Morgan fingerprint density at radius 3 is 2.53 bits per heavy atom. The maximum atomic E-state index is 3.79. The Kier molecular flexibility index (Phi) is 3.37. The first-order valence-electron chi connectivity index (χ1n) is 7.34. The molecule has 0 aromatic heterocycles. The predicted molar refractivity (Wildman–Crippen MR) is 78.9 cm³/mol. The molecular formula is C16H25N3. The molecule has 0 bridgehead atoms. The topological polar surface area (TPSA) is 18.5 Å². The Balaban J connectivity index is 1.76. The molecule has 1 N–H and O–H groups in total. The van der Waals surface area contributed by atoms with E-state index in [1.165, 1.54) is 17.5 Å². The van der Waals surface area contributed by atoms with Crippen molar-refractivity contribution in [2.24, 2.45) is 5.41 Å². The number of benzene rings is 1. The zero-order chi connectivity index (χ0) is 13.5. The van der Waals surface area contributed by atoms with E-state index < -0.39 is 0 Å². The molecule has 19 heavy (non-hydrogen) atoms. The second-order valence-corrected chi connectivity index (χ2v) is 6.72. The summed E-state index contributed by atoms with van der Waals surface area (Å²) in [6.45, 7) is 9.29. The van der Waals surface area contributed by atoms with Crippen LogP contribution in [0.25, 0.3) is 0 Å². The highest BCUT2D eigenvalue weighted by atomic mass is 15.5. The average Bonchev–Trinajstić information content (AvgIpc) is 2.63. The van der Waals surface area contributed by atoms with Gasteiger partial charge in [-0.3, -0.25) is 0 Å². The van der Waals surface area contributed by atoms with Crippen molar-refractivity contribution in [3.8, 4) is 0 Å². The third-order valence-corrected chi connectivity index (χ3v) is 4.61. The van der Waals surface area contributed by atoms with E-state index in [2.05, 4.69) is 60.5 Å². The first-order chi connectivity index (χ1) is 9.06. The van der Waals surface area contributed by atoms with E-state index in [9.17, 15) is 0 Å². The van der Waals surface area contributed by atoms with E-state index in [0.717, 1.165) is 26.2 Å². The first-order valence-corrected chi connectivity index (χ1v) is 7.34. The summed E-state index contributed by atoms with van der Waals surface area (Å²) in [6.07, 6.45) is 1.18. The van der Waals surface area contributed by atoms with E-state index in [0.29, 0.717) is 11.5 Å². The molecule has 1 saturated heterocycles. The minimum absolute atomic E-state index is 0.299. The van der Waals surface area contributed by atoms with Crippen LogP contribution in [-0.4, -0.2) is 43.1 Å². The Bertz CT molecular complexity index is 447. The third-order valence-electron chi connectivity index (χ3n) is 4.61. The van der Waals surface area contributed by atoms with Crippen LogP contribution in [0.4, 0.5) is 0 Å². The second-order valence-electron chi connectivity index (χ2n) is 6.72. The highest BCUT2D eigenvalue weighted by molar-refractivity contribution is 5.37. The van der Waals surface area contributed by atoms with Gasteiger partial charge in [0.2, 0.25) is 0 Å². The predicted octanol–water partition coefficient (Wildman–Crippen LogP) is 2.06. The van der Waals surface area contributed by atoms with E-state index in [4.69, 9.17) is 0 Å². The van der Waals surface area contributed by atoms with Crippen molar-refractivity contribution in [3.05, 3.63) is 35.4 Å². The number of nitrogens with zero attached hydrogens (tertiary/aromatic N) is 2.